The lowest BCUT2D eigenvalue weighted by molar-refractivity contribution is 0.425. The summed E-state index contributed by atoms with van der Waals surface area (Å²) in [7, 11) is -4.30. The molecule has 1 saturated heterocycles. The van der Waals surface area contributed by atoms with Gasteiger partial charge in [0.25, 0.3) is 0 Å². The lowest BCUT2D eigenvalue weighted by Gasteiger charge is -2.23. The van der Waals surface area contributed by atoms with Crippen molar-refractivity contribution in [3.8, 4) is 6.07 Å². The summed E-state index contributed by atoms with van der Waals surface area (Å²) in [5.74, 6) is -2.53. The standard InChI is InChI=1S/C12H13F2N3O2S/c13-10-4-8(6-15)5-11(14)12(10)20(18,19)17-9-2-1-3-16-7-9/h4-5,9,16-17H,1-3,7H2/t9-/m1/s1. The van der Waals surface area contributed by atoms with Gasteiger partial charge < -0.3 is 5.32 Å². The highest BCUT2D eigenvalue weighted by Crippen LogP contribution is 2.21. The average molecular weight is 301 g/mol. The zero-order chi connectivity index (χ0) is 14.8. The average Bonchev–Trinajstić information content (AvgIpc) is 2.37. The van der Waals surface area contributed by atoms with Crippen molar-refractivity contribution < 1.29 is 17.2 Å². The van der Waals surface area contributed by atoms with Crippen LogP contribution in [0.4, 0.5) is 8.78 Å². The second kappa shape index (κ2) is 5.83. The lowest BCUT2D eigenvalue weighted by atomic mass is 10.1. The van der Waals surface area contributed by atoms with Crippen LogP contribution < -0.4 is 10.0 Å². The number of piperidine rings is 1. The third-order valence-electron chi connectivity index (χ3n) is 3.01. The quantitative estimate of drug-likeness (QED) is 0.868. The molecule has 1 aromatic rings. The normalized spacial score (nSPS) is 19.6. The molecule has 0 radical (unpaired) electrons. The maximum absolute atomic E-state index is 13.7. The first kappa shape index (κ1) is 14.8. The van der Waals surface area contributed by atoms with Crippen LogP contribution in [0.25, 0.3) is 0 Å². The Morgan fingerprint density at radius 3 is 2.50 bits per heavy atom. The Hall–Kier alpha value is -1.56. The molecule has 0 aromatic heterocycles. The highest BCUT2D eigenvalue weighted by molar-refractivity contribution is 7.89. The van der Waals surface area contributed by atoms with Crippen molar-refractivity contribution in [3.05, 3.63) is 29.3 Å². The van der Waals surface area contributed by atoms with E-state index in [0.29, 0.717) is 25.1 Å². The second-order valence-electron chi connectivity index (χ2n) is 4.55. The minimum Gasteiger partial charge on any atom is -0.315 e. The summed E-state index contributed by atoms with van der Waals surface area (Å²) in [6, 6.07) is 2.57. The minimum atomic E-state index is -4.30. The van der Waals surface area contributed by atoms with Gasteiger partial charge in [-0.1, -0.05) is 0 Å². The molecule has 1 fully saturated rings. The van der Waals surface area contributed by atoms with E-state index in [1.165, 1.54) is 0 Å². The highest BCUT2D eigenvalue weighted by atomic mass is 32.2. The molecule has 20 heavy (non-hydrogen) atoms. The molecule has 2 N–H and O–H groups in total. The molecule has 0 aliphatic carbocycles. The number of benzene rings is 1. The fourth-order valence-corrected chi connectivity index (χ4v) is 3.50. The summed E-state index contributed by atoms with van der Waals surface area (Å²) in [5.41, 5.74) is -0.265. The summed E-state index contributed by atoms with van der Waals surface area (Å²) in [6.07, 6.45) is 1.39. The molecule has 8 heteroatoms. The van der Waals surface area contributed by atoms with Crippen LogP contribution in [-0.2, 0) is 10.0 Å². The molecule has 1 aliphatic rings. The van der Waals surface area contributed by atoms with Gasteiger partial charge >= 0.3 is 0 Å². The van der Waals surface area contributed by atoms with Gasteiger partial charge in [-0.3, -0.25) is 0 Å². The van der Waals surface area contributed by atoms with Gasteiger partial charge in [0, 0.05) is 12.6 Å². The third-order valence-corrected chi connectivity index (χ3v) is 4.59. The molecular formula is C12H13F2N3O2S. The first-order chi connectivity index (χ1) is 9.44. The van der Waals surface area contributed by atoms with Gasteiger partial charge in [0.2, 0.25) is 10.0 Å². The first-order valence-electron chi connectivity index (χ1n) is 6.06. The predicted molar refractivity (Wildman–Crippen MR) is 67.3 cm³/mol. The number of nitrogens with zero attached hydrogens (tertiary/aromatic N) is 1. The molecule has 1 aliphatic heterocycles. The third kappa shape index (κ3) is 3.12. The Balaban J connectivity index is 2.32. The maximum Gasteiger partial charge on any atom is 0.246 e. The van der Waals surface area contributed by atoms with Crippen molar-refractivity contribution in [3.63, 3.8) is 0 Å². The van der Waals surface area contributed by atoms with E-state index in [1.807, 2.05) is 0 Å². The topological polar surface area (TPSA) is 82.0 Å². The summed E-state index contributed by atoms with van der Waals surface area (Å²) in [6.45, 7) is 1.20. The van der Waals surface area contributed by atoms with Crippen molar-refractivity contribution in [2.24, 2.45) is 0 Å². The Morgan fingerprint density at radius 1 is 1.35 bits per heavy atom. The number of rotatable bonds is 3. The molecule has 5 nitrogen and oxygen atoms in total. The minimum absolute atomic E-state index is 0.265. The molecular weight excluding hydrogens is 288 g/mol. The Labute approximate surface area is 115 Å². The van der Waals surface area contributed by atoms with Crippen LogP contribution in [0.15, 0.2) is 17.0 Å². The summed E-state index contributed by atoms with van der Waals surface area (Å²) < 4.78 is 53.8. The van der Waals surface area contributed by atoms with Crippen molar-refractivity contribution in [1.82, 2.24) is 10.0 Å². The Kier molecular flexibility index (Phi) is 4.32. The largest absolute Gasteiger partial charge is 0.315 e. The monoisotopic (exact) mass is 301 g/mol. The Morgan fingerprint density at radius 2 is 2.00 bits per heavy atom. The number of hydrogen-bond acceptors (Lipinski definition) is 4. The van der Waals surface area contributed by atoms with E-state index in [9.17, 15) is 17.2 Å². The molecule has 1 heterocycles. The lowest BCUT2D eigenvalue weighted by Crippen LogP contribution is -2.45. The molecule has 0 unspecified atom stereocenters. The van der Waals surface area contributed by atoms with Crippen LogP contribution in [0, 0.1) is 23.0 Å². The molecule has 108 valence electrons. The van der Waals surface area contributed by atoms with Gasteiger partial charge in [0.15, 0.2) is 4.90 Å². The molecule has 2 rings (SSSR count). The van der Waals surface area contributed by atoms with Gasteiger partial charge in [-0.2, -0.15) is 5.26 Å². The van der Waals surface area contributed by atoms with Crippen molar-refractivity contribution >= 4 is 10.0 Å². The number of hydrogen-bond donors (Lipinski definition) is 2. The van der Waals surface area contributed by atoms with E-state index in [4.69, 9.17) is 5.26 Å². The molecule has 0 spiro atoms. The Bertz CT molecular complexity index is 626. The molecule has 1 aromatic carbocycles. The number of nitrogens with one attached hydrogen (secondary N) is 2. The fraction of sp³-hybridized carbons (Fsp3) is 0.417. The van der Waals surface area contributed by atoms with Gasteiger partial charge in [-0.25, -0.2) is 21.9 Å². The second-order valence-corrected chi connectivity index (χ2v) is 6.20. The first-order valence-corrected chi connectivity index (χ1v) is 7.54. The maximum atomic E-state index is 13.7. The molecule has 1 atom stereocenters. The van der Waals surface area contributed by atoms with Gasteiger partial charge in [0.1, 0.15) is 11.6 Å². The van der Waals surface area contributed by atoms with Gasteiger partial charge in [-0.15, -0.1) is 0 Å². The van der Waals surface area contributed by atoms with E-state index < -0.39 is 32.6 Å². The van der Waals surface area contributed by atoms with Crippen LogP contribution in [0.1, 0.15) is 18.4 Å². The zero-order valence-electron chi connectivity index (χ0n) is 10.5. The predicted octanol–water partition coefficient (Wildman–Crippen LogP) is 0.867. The van der Waals surface area contributed by atoms with E-state index in [1.54, 1.807) is 6.07 Å². The van der Waals surface area contributed by atoms with Crippen LogP contribution in [0.3, 0.4) is 0 Å². The van der Waals surface area contributed by atoms with Crippen LogP contribution >= 0.6 is 0 Å². The number of nitriles is 1. The van der Waals surface area contributed by atoms with Crippen molar-refractivity contribution in [2.45, 2.75) is 23.8 Å². The van der Waals surface area contributed by atoms with Crippen LogP contribution in [0.2, 0.25) is 0 Å². The van der Waals surface area contributed by atoms with Crippen molar-refractivity contribution in [1.29, 1.82) is 5.26 Å². The summed E-state index contributed by atoms with van der Waals surface area (Å²) in [4.78, 5) is -1.04. The van der Waals surface area contributed by atoms with Crippen molar-refractivity contribution in [2.75, 3.05) is 13.1 Å². The van der Waals surface area contributed by atoms with Crippen LogP contribution in [0.5, 0.6) is 0 Å². The summed E-state index contributed by atoms with van der Waals surface area (Å²) in [5, 5.41) is 11.6. The van der Waals surface area contributed by atoms with E-state index in [0.717, 1.165) is 13.0 Å². The SMILES string of the molecule is N#Cc1cc(F)c(S(=O)(=O)N[C@@H]2CCCNC2)c(F)c1. The van der Waals surface area contributed by atoms with Gasteiger partial charge in [-0.05, 0) is 31.5 Å². The number of halogens is 2. The summed E-state index contributed by atoms with van der Waals surface area (Å²) >= 11 is 0. The molecule has 0 saturated carbocycles. The molecule has 0 bridgehead atoms. The highest BCUT2D eigenvalue weighted by Gasteiger charge is 2.28. The van der Waals surface area contributed by atoms with Gasteiger partial charge in [0.05, 0.1) is 11.6 Å². The molecule has 0 amide bonds. The van der Waals surface area contributed by atoms with Crippen LogP contribution in [-0.4, -0.2) is 27.5 Å². The smallest absolute Gasteiger partial charge is 0.246 e. The van der Waals surface area contributed by atoms with E-state index in [-0.39, 0.29) is 5.56 Å². The van der Waals surface area contributed by atoms with E-state index in [2.05, 4.69) is 10.0 Å². The number of sulfonamides is 1. The van der Waals surface area contributed by atoms with E-state index >= 15 is 0 Å². The fourth-order valence-electron chi connectivity index (χ4n) is 2.11. The zero-order valence-corrected chi connectivity index (χ0v) is 11.3.